The Hall–Kier alpha value is -1.94. The predicted molar refractivity (Wildman–Crippen MR) is 368 cm³/mol. The molecule has 0 radical (unpaired) electrons. The molecule has 91 heavy (non-hydrogen) atoms. The molecule has 0 aromatic heterocycles. The fourth-order valence-corrected chi connectivity index (χ4v) is 12.5. The number of esters is 4. The molecule has 0 heterocycles. The quantitative estimate of drug-likeness (QED) is 0.0222. The molecule has 0 fully saturated rings. The number of unbranched alkanes of at least 4 members (excludes halogenated alkanes) is 38. The van der Waals surface area contributed by atoms with Crippen LogP contribution >= 0.6 is 15.6 Å². The molecule has 0 aromatic rings. The van der Waals surface area contributed by atoms with Gasteiger partial charge >= 0.3 is 39.5 Å². The molecular weight excluding hydrogens is 1200 g/mol. The van der Waals surface area contributed by atoms with Gasteiger partial charge in [-0.1, -0.05) is 312 Å². The summed E-state index contributed by atoms with van der Waals surface area (Å²) in [5.74, 6) is 0.143. The number of aliphatic hydroxyl groups is 1. The van der Waals surface area contributed by atoms with Gasteiger partial charge in [-0.05, 0) is 43.4 Å². The second-order valence-corrected chi connectivity index (χ2v) is 30.3. The van der Waals surface area contributed by atoms with E-state index >= 15 is 0 Å². The van der Waals surface area contributed by atoms with Crippen LogP contribution < -0.4 is 0 Å². The van der Waals surface area contributed by atoms with E-state index in [-0.39, 0.29) is 25.7 Å². The first kappa shape index (κ1) is 89.1. The van der Waals surface area contributed by atoms with Gasteiger partial charge in [0.1, 0.15) is 19.3 Å². The van der Waals surface area contributed by atoms with E-state index in [1.54, 1.807) is 0 Å². The van der Waals surface area contributed by atoms with Crippen molar-refractivity contribution in [2.75, 3.05) is 39.6 Å². The van der Waals surface area contributed by atoms with Crippen LogP contribution in [0.3, 0.4) is 0 Å². The van der Waals surface area contributed by atoms with Crippen LogP contribution in [0, 0.1) is 17.8 Å². The molecule has 17 nitrogen and oxygen atoms in total. The summed E-state index contributed by atoms with van der Waals surface area (Å²) in [4.78, 5) is 72.5. The smallest absolute Gasteiger partial charge is 0.462 e. The van der Waals surface area contributed by atoms with Gasteiger partial charge in [0.2, 0.25) is 0 Å². The SMILES string of the molecule is CCCCCCCCCCCC(=O)OC[C@H](COP(=O)(O)OC[C@H](O)COP(=O)(O)OC[C@@H](COC(=O)CCCCCCCCCCCCCC(C)C)OC(=O)CCCCCCCCCCCCCCCCCC(C)C)OC(=O)CCCCCCCCCC(C)C. The molecule has 0 rings (SSSR count). The van der Waals surface area contributed by atoms with Crippen LogP contribution in [0.4, 0.5) is 0 Å². The molecule has 5 atom stereocenters. The summed E-state index contributed by atoms with van der Waals surface area (Å²) in [5.41, 5.74) is 0. The number of hydrogen-bond acceptors (Lipinski definition) is 15. The third kappa shape index (κ3) is 66.5. The molecule has 0 aliphatic rings. The molecule has 0 saturated carbocycles. The first-order valence-corrected chi connectivity index (χ1v) is 40.3. The van der Waals surface area contributed by atoms with Gasteiger partial charge < -0.3 is 33.8 Å². The Morgan fingerprint density at radius 3 is 0.747 bits per heavy atom. The highest BCUT2D eigenvalue weighted by Gasteiger charge is 2.30. The Balaban J connectivity index is 5.22. The first-order valence-electron chi connectivity index (χ1n) is 37.3. The van der Waals surface area contributed by atoms with Crippen LogP contribution in [0.5, 0.6) is 0 Å². The van der Waals surface area contributed by atoms with E-state index in [1.807, 2.05) is 0 Å². The number of hydrogen-bond donors (Lipinski definition) is 3. The molecular formula is C72H140O17P2. The van der Waals surface area contributed by atoms with Crippen molar-refractivity contribution in [3.05, 3.63) is 0 Å². The minimum atomic E-state index is -4.95. The Morgan fingerprint density at radius 1 is 0.297 bits per heavy atom. The minimum Gasteiger partial charge on any atom is -0.462 e. The standard InChI is InChI=1S/C72H140O17P2/c1-8-9-10-11-12-23-32-39-46-53-69(74)82-60-68(89-72(77)56-49-42-35-28-31-38-45-52-65(6)7)62-87-91(80,81)85-58-66(73)57-84-90(78,79)86-61-67(59-83-70(75)54-47-40-33-26-22-18-20-25-30-37-44-51-64(4)5)88-71(76)55-48-41-34-27-21-17-15-13-14-16-19-24-29-36-43-50-63(2)3/h63-68,73H,8-62H2,1-7H3,(H,78,79)(H,80,81)/t66-,67-,68-/m1/s1. The fourth-order valence-electron chi connectivity index (χ4n) is 10.9. The zero-order valence-electron chi connectivity index (χ0n) is 59.3. The normalized spacial score (nSPS) is 14.2. The van der Waals surface area contributed by atoms with Crippen molar-refractivity contribution >= 4 is 39.5 Å². The molecule has 3 N–H and O–H groups in total. The Bertz CT molecular complexity index is 1780. The fraction of sp³-hybridized carbons (Fsp3) is 0.944. The van der Waals surface area contributed by atoms with E-state index in [0.717, 1.165) is 102 Å². The third-order valence-corrected chi connectivity index (χ3v) is 18.5. The number of carbonyl (C=O) groups excluding carboxylic acids is 4. The van der Waals surface area contributed by atoms with E-state index in [1.165, 1.54) is 173 Å². The highest BCUT2D eigenvalue weighted by Crippen LogP contribution is 2.45. The number of ether oxygens (including phenoxy) is 4. The number of phosphoric ester groups is 2. The Labute approximate surface area is 556 Å². The van der Waals surface area contributed by atoms with Gasteiger partial charge in [-0.2, -0.15) is 0 Å². The molecule has 0 bridgehead atoms. The molecule has 2 unspecified atom stereocenters. The van der Waals surface area contributed by atoms with Crippen molar-refractivity contribution in [2.24, 2.45) is 17.8 Å². The highest BCUT2D eigenvalue weighted by molar-refractivity contribution is 7.47. The molecule has 0 amide bonds. The number of phosphoric acid groups is 2. The summed E-state index contributed by atoms with van der Waals surface area (Å²) in [6.07, 6.45) is 47.3. The van der Waals surface area contributed by atoms with Gasteiger partial charge in [0.05, 0.1) is 26.4 Å². The average Bonchev–Trinajstić information content (AvgIpc) is 2.94. The maximum atomic E-state index is 13.0. The second-order valence-electron chi connectivity index (χ2n) is 27.4. The van der Waals surface area contributed by atoms with E-state index < -0.39 is 97.5 Å². The Morgan fingerprint density at radius 2 is 0.505 bits per heavy atom. The van der Waals surface area contributed by atoms with E-state index in [4.69, 9.17) is 37.0 Å². The number of aliphatic hydroxyl groups excluding tert-OH is 1. The van der Waals surface area contributed by atoms with Gasteiger partial charge in [-0.3, -0.25) is 37.3 Å². The van der Waals surface area contributed by atoms with Crippen molar-refractivity contribution < 1.29 is 80.2 Å². The maximum Gasteiger partial charge on any atom is 0.472 e. The zero-order valence-corrected chi connectivity index (χ0v) is 61.1. The molecule has 0 aliphatic heterocycles. The summed E-state index contributed by atoms with van der Waals surface area (Å²) >= 11 is 0. The topological polar surface area (TPSA) is 237 Å². The van der Waals surface area contributed by atoms with Gasteiger partial charge in [-0.25, -0.2) is 9.13 Å². The lowest BCUT2D eigenvalue weighted by atomic mass is 10.0. The summed E-state index contributed by atoms with van der Waals surface area (Å²) in [5, 5.41) is 10.6. The molecule has 0 saturated heterocycles. The second kappa shape index (κ2) is 62.8. The molecule has 0 aliphatic carbocycles. The Kier molecular flexibility index (Phi) is 61.5. The van der Waals surface area contributed by atoms with Gasteiger partial charge in [0, 0.05) is 25.7 Å². The van der Waals surface area contributed by atoms with E-state index in [0.29, 0.717) is 31.6 Å². The number of rotatable bonds is 70. The van der Waals surface area contributed by atoms with Crippen LogP contribution in [0.15, 0.2) is 0 Å². The number of carbonyl (C=O) groups is 4. The van der Waals surface area contributed by atoms with Gasteiger partial charge in [-0.15, -0.1) is 0 Å². The molecule has 19 heteroatoms. The van der Waals surface area contributed by atoms with Crippen LogP contribution in [0.1, 0.15) is 363 Å². The lowest BCUT2D eigenvalue weighted by Crippen LogP contribution is -2.30. The van der Waals surface area contributed by atoms with Crippen molar-refractivity contribution in [3.8, 4) is 0 Å². The van der Waals surface area contributed by atoms with Crippen LogP contribution in [0.2, 0.25) is 0 Å². The van der Waals surface area contributed by atoms with Gasteiger partial charge in [0.25, 0.3) is 0 Å². The van der Waals surface area contributed by atoms with E-state index in [2.05, 4.69) is 48.5 Å². The largest absolute Gasteiger partial charge is 0.472 e. The van der Waals surface area contributed by atoms with Crippen LogP contribution in [-0.2, 0) is 65.4 Å². The summed E-state index contributed by atoms with van der Waals surface area (Å²) in [6.45, 7) is 11.8. The van der Waals surface area contributed by atoms with Crippen molar-refractivity contribution in [2.45, 2.75) is 381 Å². The highest BCUT2D eigenvalue weighted by atomic mass is 31.2. The van der Waals surface area contributed by atoms with Gasteiger partial charge in [0.15, 0.2) is 12.2 Å². The minimum absolute atomic E-state index is 0.103. The van der Waals surface area contributed by atoms with Crippen LogP contribution in [-0.4, -0.2) is 96.7 Å². The van der Waals surface area contributed by atoms with Crippen molar-refractivity contribution in [3.63, 3.8) is 0 Å². The molecule has 0 spiro atoms. The van der Waals surface area contributed by atoms with E-state index in [9.17, 15) is 43.2 Å². The zero-order chi connectivity index (χ0) is 67.3. The predicted octanol–water partition coefficient (Wildman–Crippen LogP) is 20.6. The summed E-state index contributed by atoms with van der Waals surface area (Å²) < 4.78 is 68.3. The summed E-state index contributed by atoms with van der Waals surface area (Å²) in [7, 11) is -9.90. The lowest BCUT2D eigenvalue weighted by molar-refractivity contribution is -0.161. The average molecular weight is 1340 g/mol. The molecule has 0 aromatic carbocycles. The van der Waals surface area contributed by atoms with Crippen LogP contribution in [0.25, 0.3) is 0 Å². The summed E-state index contributed by atoms with van der Waals surface area (Å²) in [6, 6.07) is 0. The third-order valence-electron chi connectivity index (χ3n) is 16.6. The lowest BCUT2D eigenvalue weighted by Gasteiger charge is -2.21. The van der Waals surface area contributed by atoms with Crippen molar-refractivity contribution in [1.29, 1.82) is 0 Å². The maximum absolute atomic E-state index is 13.0. The van der Waals surface area contributed by atoms with Crippen molar-refractivity contribution in [1.82, 2.24) is 0 Å². The monoisotopic (exact) mass is 1340 g/mol. The first-order chi connectivity index (χ1) is 43.7. The molecule has 540 valence electrons.